The number of ketones is 1. The molecule has 4 rings (SSSR count). The molecule has 0 saturated heterocycles. The maximum Gasteiger partial charge on any atom is 0.232 e. The van der Waals surface area contributed by atoms with Crippen LogP contribution in [0.25, 0.3) is 0 Å². The van der Waals surface area contributed by atoms with Crippen molar-refractivity contribution in [3.05, 3.63) is 83.6 Å². The molecule has 2 aliphatic rings. The zero-order chi connectivity index (χ0) is 22.9. The van der Waals surface area contributed by atoms with E-state index in [0.29, 0.717) is 30.7 Å². The Morgan fingerprint density at radius 3 is 2.44 bits per heavy atom. The van der Waals surface area contributed by atoms with Gasteiger partial charge in [-0.2, -0.15) is 5.26 Å². The summed E-state index contributed by atoms with van der Waals surface area (Å²) in [6, 6.07) is 16.7. The van der Waals surface area contributed by atoms with Crippen molar-refractivity contribution in [2.75, 3.05) is 11.5 Å². The third kappa shape index (κ3) is 4.09. The van der Waals surface area contributed by atoms with E-state index in [1.54, 1.807) is 35.2 Å². The third-order valence-corrected chi connectivity index (χ3v) is 6.05. The Morgan fingerprint density at radius 2 is 1.81 bits per heavy atom. The second kappa shape index (κ2) is 8.47. The predicted molar refractivity (Wildman–Crippen MR) is 123 cm³/mol. The standard InChI is InChI=1S/C27H26N2O3/c1-4-13-32-21-11-7-19(8-12-21)22-14-25(31)29(20-9-5-18(17-28)6-10-20)23-15-27(2,3)16-24(30)26(22)23/h4-12,22H,1,13-16H2,2-3H3. The number of rotatable bonds is 5. The molecule has 0 radical (unpaired) electrons. The van der Waals surface area contributed by atoms with Crippen molar-refractivity contribution in [2.45, 2.75) is 39.0 Å². The van der Waals surface area contributed by atoms with Crippen LogP contribution >= 0.6 is 0 Å². The van der Waals surface area contributed by atoms with E-state index >= 15 is 0 Å². The summed E-state index contributed by atoms with van der Waals surface area (Å²) >= 11 is 0. The van der Waals surface area contributed by atoms with Crippen LogP contribution in [0.4, 0.5) is 5.69 Å². The Hall–Kier alpha value is -3.65. The molecular formula is C27H26N2O3. The molecule has 0 spiro atoms. The van der Waals surface area contributed by atoms with Crippen molar-refractivity contribution in [3.8, 4) is 11.8 Å². The number of nitriles is 1. The molecule has 1 aliphatic carbocycles. The van der Waals surface area contributed by atoms with Gasteiger partial charge in [-0.3, -0.25) is 14.5 Å². The van der Waals surface area contributed by atoms with Crippen molar-refractivity contribution in [1.29, 1.82) is 5.26 Å². The van der Waals surface area contributed by atoms with E-state index in [0.717, 1.165) is 22.6 Å². The van der Waals surface area contributed by atoms with Gasteiger partial charge in [0.25, 0.3) is 0 Å². The zero-order valence-corrected chi connectivity index (χ0v) is 18.4. The van der Waals surface area contributed by atoms with Gasteiger partial charge < -0.3 is 4.74 Å². The van der Waals surface area contributed by atoms with Crippen LogP contribution in [0, 0.1) is 16.7 Å². The van der Waals surface area contributed by atoms with Gasteiger partial charge in [-0.15, -0.1) is 0 Å². The Morgan fingerprint density at radius 1 is 1.12 bits per heavy atom. The fraction of sp³-hybridized carbons (Fsp3) is 0.296. The molecule has 32 heavy (non-hydrogen) atoms. The monoisotopic (exact) mass is 426 g/mol. The SMILES string of the molecule is C=CCOc1ccc(C2CC(=O)N(c3ccc(C#N)cc3)C3=C2C(=O)CC(C)(C)C3)cc1. The first-order chi connectivity index (χ1) is 15.3. The maximum absolute atomic E-state index is 13.4. The fourth-order valence-electron chi connectivity index (χ4n) is 4.64. The first-order valence-electron chi connectivity index (χ1n) is 10.8. The Kier molecular flexibility index (Phi) is 5.71. The summed E-state index contributed by atoms with van der Waals surface area (Å²) in [5, 5.41) is 9.11. The van der Waals surface area contributed by atoms with Gasteiger partial charge in [0, 0.05) is 35.7 Å². The third-order valence-electron chi connectivity index (χ3n) is 6.05. The highest BCUT2D eigenvalue weighted by molar-refractivity contribution is 6.07. The van der Waals surface area contributed by atoms with Crippen LogP contribution in [0.5, 0.6) is 5.75 Å². The average molecular weight is 427 g/mol. The van der Waals surface area contributed by atoms with Crippen LogP contribution in [-0.2, 0) is 9.59 Å². The highest BCUT2D eigenvalue weighted by Gasteiger charge is 2.44. The van der Waals surface area contributed by atoms with Gasteiger partial charge >= 0.3 is 0 Å². The number of anilines is 1. The summed E-state index contributed by atoms with van der Waals surface area (Å²) in [4.78, 5) is 28.4. The number of hydrogen-bond donors (Lipinski definition) is 0. The number of carbonyl (C=O) groups excluding carboxylic acids is 2. The van der Waals surface area contributed by atoms with Crippen molar-refractivity contribution < 1.29 is 14.3 Å². The van der Waals surface area contributed by atoms with Crippen molar-refractivity contribution in [3.63, 3.8) is 0 Å². The number of nitrogens with zero attached hydrogens (tertiary/aromatic N) is 2. The summed E-state index contributed by atoms with van der Waals surface area (Å²) in [7, 11) is 0. The van der Waals surface area contributed by atoms with E-state index in [9.17, 15) is 9.59 Å². The summed E-state index contributed by atoms with van der Waals surface area (Å²) < 4.78 is 5.57. The van der Waals surface area contributed by atoms with Gasteiger partial charge in [0.1, 0.15) is 12.4 Å². The molecule has 5 heteroatoms. The number of hydrogen-bond acceptors (Lipinski definition) is 4. The molecule has 1 heterocycles. The average Bonchev–Trinajstić information content (AvgIpc) is 2.77. The highest BCUT2D eigenvalue weighted by Crippen LogP contribution is 2.48. The quantitative estimate of drug-likeness (QED) is 0.610. The number of allylic oxidation sites excluding steroid dienone is 2. The van der Waals surface area contributed by atoms with E-state index < -0.39 is 0 Å². The molecule has 0 bridgehead atoms. The van der Waals surface area contributed by atoms with E-state index in [1.165, 1.54) is 0 Å². The van der Waals surface area contributed by atoms with Gasteiger partial charge in [0.05, 0.1) is 11.6 Å². The van der Waals surface area contributed by atoms with E-state index in [2.05, 4.69) is 26.5 Å². The normalized spacial score (nSPS) is 19.9. The number of ether oxygens (including phenoxy) is 1. The number of carbonyl (C=O) groups is 2. The summed E-state index contributed by atoms with van der Waals surface area (Å²) in [6.07, 6.45) is 3.00. The molecule has 1 unspecified atom stereocenters. The summed E-state index contributed by atoms with van der Waals surface area (Å²) in [6.45, 7) is 8.20. The lowest BCUT2D eigenvalue weighted by Gasteiger charge is -2.43. The maximum atomic E-state index is 13.4. The minimum Gasteiger partial charge on any atom is -0.490 e. The van der Waals surface area contributed by atoms with Crippen LogP contribution < -0.4 is 9.64 Å². The van der Waals surface area contributed by atoms with Gasteiger partial charge in [-0.25, -0.2) is 0 Å². The van der Waals surface area contributed by atoms with Crippen LogP contribution in [0.3, 0.4) is 0 Å². The zero-order valence-electron chi connectivity index (χ0n) is 18.4. The molecule has 2 aromatic carbocycles. The second-order valence-corrected chi connectivity index (χ2v) is 9.11. The van der Waals surface area contributed by atoms with Crippen molar-refractivity contribution in [2.24, 2.45) is 5.41 Å². The lowest BCUT2D eigenvalue weighted by Crippen LogP contribution is -2.43. The molecule has 1 atom stereocenters. The molecule has 1 amide bonds. The fourth-order valence-corrected chi connectivity index (χ4v) is 4.64. The van der Waals surface area contributed by atoms with Gasteiger partial charge in [0.15, 0.2) is 5.78 Å². The summed E-state index contributed by atoms with van der Waals surface area (Å²) in [5.74, 6) is 0.500. The molecule has 0 fully saturated rings. The Bertz CT molecular complexity index is 1130. The minimum atomic E-state index is -0.274. The largest absolute Gasteiger partial charge is 0.490 e. The molecule has 2 aromatic rings. The first-order valence-corrected chi connectivity index (χ1v) is 10.8. The Balaban J connectivity index is 1.78. The van der Waals surface area contributed by atoms with Gasteiger partial charge in [0.2, 0.25) is 5.91 Å². The summed E-state index contributed by atoms with van der Waals surface area (Å²) in [5.41, 5.74) is 3.44. The van der Waals surface area contributed by atoms with Crippen LogP contribution in [-0.4, -0.2) is 18.3 Å². The molecule has 0 N–H and O–H groups in total. The van der Waals surface area contributed by atoms with Gasteiger partial charge in [-0.05, 0) is 53.8 Å². The van der Waals surface area contributed by atoms with Crippen LogP contribution in [0.2, 0.25) is 0 Å². The van der Waals surface area contributed by atoms with Crippen LogP contribution in [0.1, 0.15) is 50.2 Å². The topological polar surface area (TPSA) is 70.4 Å². The Labute approximate surface area is 188 Å². The second-order valence-electron chi connectivity index (χ2n) is 9.11. The smallest absolute Gasteiger partial charge is 0.232 e. The molecular weight excluding hydrogens is 400 g/mol. The predicted octanol–water partition coefficient (Wildman–Crippen LogP) is 5.29. The lowest BCUT2D eigenvalue weighted by atomic mass is 9.69. The lowest BCUT2D eigenvalue weighted by molar-refractivity contribution is -0.121. The minimum absolute atomic E-state index is 0.0454. The highest BCUT2D eigenvalue weighted by atomic mass is 16.5. The van der Waals surface area contributed by atoms with E-state index in [4.69, 9.17) is 10.00 Å². The number of amides is 1. The molecule has 5 nitrogen and oxygen atoms in total. The van der Waals surface area contributed by atoms with Crippen LogP contribution in [0.15, 0.2) is 72.5 Å². The molecule has 0 saturated carbocycles. The molecule has 1 aliphatic heterocycles. The van der Waals surface area contributed by atoms with E-state index in [-0.39, 0.29) is 29.4 Å². The number of Topliss-reactive ketones (excluding diaryl/α,β-unsaturated/α-hetero) is 1. The van der Waals surface area contributed by atoms with Gasteiger partial charge in [-0.1, -0.05) is 38.6 Å². The van der Waals surface area contributed by atoms with Crippen molar-refractivity contribution >= 4 is 17.4 Å². The molecule has 162 valence electrons. The number of benzene rings is 2. The van der Waals surface area contributed by atoms with E-state index in [1.807, 2.05) is 24.3 Å². The first kappa shape index (κ1) is 21.6. The molecule has 0 aromatic heterocycles. The van der Waals surface area contributed by atoms with Crippen molar-refractivity contribution in [1.82, 2.24) is 0 Å².